The predicted molar refractivity (Wildman–Crippen MR) is 111 cm³/mol. The van der Waals surface area contributed by atoms with Gasteiger partial charge in [0.25, 0.3) is 0 Å². The minimum Gasteiger partial charge on any atom is -0.497 e. The Labute approximate surface area is 172 Å². The van der Waals surface area contributed by atoms with Gasteiger partial charge in [-0.1, -0.05) is 41.7 Å². The second-order valence-electron chi connectivity index (χ2n) is 5.48. The van der Waals surface area contributed by atoms with Crippen LogP contribution < -0.4 is 14.8 Å². The van der Waals surface area contributed by atoms with Crippen LogP contribution in [-0.2, 0) is 4.79 Å². The zero-order chi connectivity index (χ0) is 19.8. The van der Waals surface area contributed by atoms with E-state index in [-0.39, 0.29) is 11.7 Å². The molecule has 6 nitrogen and oxygen atoms in total. The van der Waals surface area contributed by atoms with Gasteiger partial charge in [0.15, 0.2) is 0 Å². The van der Waals surface area contributed by atoms with Crippen LogP contribution in [0.3, 0.4) is 0 Å². The van der Waals surface area contributed by atoms with Crippen molar-refractivity contribution in [3.05, 3.63) is 60.9 Å². The van der Waals surface area contributed by atoms with Crippen LogP contribution in [0.2, 0.25) is 0 Å². The summed E-state index contributed by atoms with van der Waals surface area (Å²) in [6.07, 6.45) is 3.28. The molecular weight excluding hydrogens is 394 g/mol. The minimum atomic E-state index is -0.158. The minimum absolute atomic E-state index is 0.158. The van der Waals surface area contributed by atoms with E-state index in [9.17, 15) is 4.79 Å². The van der Waals surface area contributed by atoms with Crippen molar-refractivity contribution in [2.75, 3.05) is 25.3 Å². The van der Waals surface area contributed by atoms with Gasteiger partial charge < -0.3 is 14.8 Å². The normalized spacial score (nSPS) is 10.4. The zero-order valence-electron chi connectivity index (χ0n) is 15.4. The fourth-order valence-corrected chi connectivity index (χ4v) is 4.03. The number of aromatic nitrogens is 2. The van der Waals surface area contributed by atoms with Crippen LogP contribution >= 0.6 is 23.5 Å². The summed E-state index contributed by atoms with van der Waals surface area (Å²) in [5.41, 5.74) is 0.590. The van der Waals surface area contributed by atoms with Crippen LogP contribution in [0.15, 0.2) is 75.9 Å². The van der Waals surface area contributed by atoms with Gasteiger partial charge in [0.2, 0.25) is 5.91 Å². The molecule has 1 aromatic heterocycles. The lowest BCUT2D eigenvalue weighted by Gasteiger charge is -2.12. The van der Waals surface area contributed by atoms with Crippen LogP contribution in [0.5, 0.6) is 11.5 Å². The molecule has 0 atom stereocenters. The summed E-state index contributed by atoms with van der Waals surface area (Å²) < 4.78 is 10.5. The Kier molecular flexibility index (Phi) is 7.16. The fourth-order valence-electron chi connectivity index (χ4n) is 2.30. The maximum Gasteiger partial charge on any atom is 0.234 e. The molecule has 28 heavy (non-hydrogen) atoms. The predicted octanol–water partition coefficient (Wildman–Crippen LogP) is 4.38. The van der Waals surface area contributed by atoms with Crippen molar-refractivity contribution in [2.24, 2.45) is 0 Å². The number of hydrogen-bond acceptors (Lipinski definition) is 7. The average molecular weight is 414 g/mol. The van der Waals surface area contributed by atoms with Crippen LogP contribution in [0.1, 0.15) is 0 Å². The number of hydrogen-bond donors (Lipinski definition) is 1. The number of nitrogens with zero attached hydrogens (tertiary/aromatic N) is 2. The molecule has 0 aliphatic rings. The highest BCUT2D eigenvalue weighted by Gasteiger charge is 2.13. The molecule has 0 unspecified atom stereocenters. The fraction of sp³-hybridized carbons (Fsp3) is 0.150. The maximum absolute atomic E-state index is 12.4. The SMILES string of the molecule is COc1ccc(NC(=O)CSc2nccnc2Sc2ccccc2)c(OC)c1. The van der Waals surface area contributed by atoms with Crippen molar-refractivity contribution in [3.63, 3.8) is 0 Å². The number of carbonyl (C=O) groups excluding carboxylic acids is 1. The van der Waals surface area contributed by atoms with Crippen molar-refractivity contribution in [1.82, 2.24) is 9.97 Å². The Bertz CT molecular complexity index is 939. The molecule has 0 fully saturated rings. The van der Waals surface area contributed by atoms with E-state index in [0.29, 0.717) is 22.2 Å². The molecule has 2 aromatic carbocycles. The zero-order valence-corrected chi connectivity index (χ0v) is 17.0. The van der Waals surface area contributed by atoms with Crippen LogP contribution in [0.25, 0.3) is 0 Å². The molecule has 0 aliphatic carbocycles. The molecule has 0 aliphatic heterocycles. The summed E-state index contributed by atoms with van der Waals surface area (Å²) in [4.78, 5) is 22.2. The van der Waals surface area contributed by atoms with E-state index in [4.69, 9.17) is 9.47 Å². The molecule has 1 heterocycles. The van der Waals surface area contributed by atoms with Gasteiger partial charge in [-0.3, -0.25) is 4.79 Å². The Hall–Kier alpha value is -2.71. The van der Waals surface area contributed by atoms with Crippen molar-refractivity contribution < 1.29 is 14.3 Å². The molecule has 0 radical (unpaired) electrons. The summed E-state index contributed by atoms with van der Waals surface area (Å²) in [6.45, 7) is 0. The van der Waals surface area contributed by atoms with Crippen LogP contribution in [0, 0.1) is 0 Å². The third kappa shape index (κ3) is 5.40. The molecule has 0 bridgehead atoms. The van der Waals surface area contributed by atoms with Crippen LogP contribution in [0.4, 0.5) is 5.69 Å². The molecule has 3 aromatic rings. The first-order valence-electron chi connectivity index (χ1n) is 8.38. The highest BCUT2D eigenvalue weighted by Crippen LogP contribution is 2.33. The largest absolute Gasteiger partial charge is 0.497 e. The molecule has 3 rings (SSSR count). The lowest BCUT2D eigenvalue weighted by molar-refractivity contribution is -0.113. The summed E-state index contributed by atoms with van der Waals surface area (Å²) in [7, 11) is 3.13. The standard InChI is InChI=1S/C20H19N3O3S2/c1-25-14-8-9-16(17(12-14)26-2)23-18(24)13-27-19-20(22-11-10-21-19)28-15-6-4-3-5-7-15/h3-12H,13H2,1-2H3,(H,23,24). The van der Waals surface area contributed by atoms with Gasteiger partial charge >= 0.3 is 0 Å². The number of nitrogens with one attached hydrogen (secondary N) is 1. The Morgan fingerprint density at radius 1 is 1.00 bits per heavy atom. The Morgan fingerprint density at radius 2 is 1.75 bits per heavy atom. The van der Waals surface area contributed by atoms with Gasteiger partial charge in [-0.15, -0.1) is 0 Å². The number of ether oxygens (including phenoxy) is 2. The number of anilines is 1. The quantitative estimate of drug-likeness (QED) is 0.550. The number of thioether (sulfide) groups is 1. The summed E-state index contributed by atoms with van der Waals surface area (Å²) in [5, 5.41) is 4.34. The average Bonchev–Trinajstić information content (AvgIpc) is 2.74. The maximum atomic E-state index is 12.4. The topological polar surface area (TPSA) is 73.3 Å². The number of rotatable bonds is 8. The summed E-state index contributed by atoms with van der Waals surface area (Å²) >= 11 is 2.86. The van der Waals surface area contributed by atoms with E-state index in [0.717, 1.165) is 9.92 Å². The highest BCUT2D eigenvalue weighted by atomic mass is 32.2. The van der Waals surface area contributed by atoms with Crippen molar-refractivity contribution in [3.8, 4) is 11.5 Å². The Morgan fingerprint density at radius 3 is 2.46 bits per heavy atom. The third-order valence-corrected chi connectivity index (χ3v) is 5.72. The molecular formula is C20H19N3O3S2. The second kappa shape index (κ2) is 10.0. The smallest absolute Gasteiger partial charge is 0.234 e. The van der Waals surface area contributed by atoms with Crippen molar-refractivity contribution >= 4 is 35.1 Å². The number of amides is 1. The van der Waals surface area contributed by atoms with E-state index >= 15 is 0 Å². The molecule has 1 amide bonds. The summed E-state index contributed by atoms with van der Waals surface area (Å²) in [6, 6.07) is 15.2. The lowest BCUT2D eigenvalue weighted by atomic mass is 10.2. The van der Waals surface area contributed by atoms with E-state index in [1.54, 1.807) is 44.8 Å². The van der Waals surface area contributed by atoms with Gasteiger partial charge in [0, 0.05) is 23.4 Å². The Balaban J connectivity index is 1.64. The highest BCUT2D eigenvalue weighted by molar-refractivity contribution is 8.02. The molecule has 144 valence electrons. The van der Waals surface area contributed by atoms with Gasteiger partial charge in [0.05, 0.1) is 25.7 Å². The monoisotopic (exact) mass is 413 g/mol. The first kappa shape index (κ1) is 20.0. The van der Waals surface area contributed by atoms with Gasteiger partial charge in [-0.05, 0) is 24.3 Å². The van der Waals surface area contributed by atoms with Gasteiger partial charge in [-0.2, -0.15) is 0 Å². The molecule has 0 saturated carbocycles. The second-order valence-corrected chi connectivity index (χ2v) is 7.51. The van der Waals surface area contributed by atoms with Gasteiger partial charge in [-0.25, -0.2) is 9.97 Å². The first-order valence-corrected chi connectivity index (χ1v) is 10.2. The van der Waals surface area contributed by atoms with E-state index in [1.807, 2.05) is 30.3 Å². The van der Waals surface area contributed by atoms with E-state index in [2.05, 4.69) is 15.3 Å². The number of carbonyl (C=O) groups is 1. The number of benzene rings is 2. The lowest BCUT2D eigenvalue weighted by Crippen LogP contribution is -2.15. The molecule has 0 saturated heterocycles. The first-order chi connectivity index (χ1) is 13.7. The van der Waals surface area contributed by atoms with Crippen LogP contribution in [-0.4, -0.2) is 35.8 Å². The van der Waals surface area contributed by atoms with Crippen molar-refractivity contribution in [2.45, 2.75) is 14.9 Å². The van der Waals surface area contributed by atoms with E-state index < -0.39 is 0 Å². The third-order valence-electron chi connectivity index (χ3n) is 3.61. The van der Waals surface area contributed by atoms with E-state index in [1.165, 1.54) is 23.5 Å². The molecule has 0 spiro atoms. The van der Waals surface area contributed by atoms with Gasteiger partial charge in [0.1, 0.15) is 21.6 Å². The summed E-state index contributed by atoms with van der Waals surface area (Å²) in [5.74, 6) is 1.25. The molecule has 8 heteroatoms. The molecule has 1 N–H and O–H groups in total. The van der Waals surface area contributed by atoms with Crippen molar-refractivity contribution in [1.29, 1.82) is 0 Å². The number of methoxy groups -OCH3 is 2.